The van der Waals surface area contributed by atoms with Crippen LogP contribution >= 0.6 is 0 Å². The van der Waals surface area contributed by atoms with Crippen molar-refractivity contribution < 1.29 is 4.74 Å². The van der Waals surface area contributed by atoms with Gasteiger partial charge in [0.2, 0.25) is 0 Å². The third kappa shape index (κ3) is 9.25. The fourth-order valence-corrected chi connectivity index (χ4v) is 2.98. The van der Waals surface area contributed by atoms with Gasteiger partial charge in [0, 0.05) is 13.2 Å². The molecule has 1 heteroatoms. The molecule has 0 saturated carbocycles. The van der Waals surface area contributed by atoms with Crippen molar-refractivity contribution in [3.05, 3.63) is 35.9 Å². The number of hydrogen-bond donors (Lipinski definition) is 0. The SMILES string of the molecule is CCCCCCOCCC(CCCCCC)c1ccccc1. The van der Waals surface area contributed by atoms with Gasteiger partial charge >= 0.3 is 0 Å². The summed E-state index contributed by atoms with van der Waals surface area (Å²) in [4.78, 5) is 0. The highest BCUT2D eigenvalue weighted by Gasteiger charge is 2.10. The lowest BCUT2D eigenvalue weighted by Gasteiger charge is -2.17. The van der Waals surface area contributed by atoms with Crippen LogP contribution in [0, 0.1) is 0 Å². The maximum absolute atomic E-state index is 5.86. The van der Waals surface area contributed by atoms with Crippen LogP contribution in [-0.4, -0.2) is 13.2 Å². The van der Waals surface area contributed by atoms with E-state index in [1.54, 1.807) is 0 Å². The monoisotopic (exact) mass is 304 g/mol. The molecular weight excluding hydrogens is 268 g/mol. The third-order valence-electron chi connectivity index (χ3n) is 4.43. The van der Waals surface area contributed by atoms with Crippen LogP contribution in [-0.2, 0) is 4.74 Å². The van der Waals surface area contributed by atoms with Gasteiger partial charge in [-0.05, 0) is 30.7 Å². The molecule has 0 bridgehead atoms. The molecule has 1 atom stereocenters. The number of hydrogen-bond acceptors (Lipinski definition) is 1. The molecule has 0 spiro atoms. The van der Waals surface area contributed by atoms with Crippen LogP contribution in [0.25, 0.3) is 0 Å². The minimum Gasteiger partial charge on any atom is -0.381 e. The van der Waals surface area contributed by atoms with E-state index >= 15 is 0 Å². The summed E-state index contributed by atoms with van der Waals surface area (Å²) < 4.78 is 5.86. The predicted molar refractivity (Wildman–Crippen MR) is 97.5 cm³/mol. The Bertz CT molecular complexity index is 333. The van der Waals surface area contributed by atoms with Crippen LogP contribution in [0.4, 0.5) is 0 Å². The molecule has 1 rings (SSSR count). The van der Waals surface area contributed by atoms with Gasteiger partial charge in [0.25, 0.3) is 0 Å². The summed E-state index contributed by atoms with van der Waals surface area (Å²) in [7, 11) is 0. The van der Waals surface area contributed by atoms with Crippen molar-refractivity contribution in [1.29, 1.82) is 0 Å². The number of ether oxygens (including phenoxy) is 1. The summed E-state index contributed by atoms with van der Waals surface area (Å²) in [5.41, 5.74) is 1.49. The summed E-state index contributed by atoms with van der Waals surface area (Å²) in [6.45, 7) is 6.39. The van der Waals surface area contributed by atoms with Crippen LogP contribution in [0.1, 0.15) is 89.5 Å². The fourth-order valence-electron chi connectivity index (χ4n) is 2.98. The molecule has 0 saturated heterocycles. The molecule has 1 nitrogen and oxygen atoms in total. The molecule has 1 aromatic rings. The highest BCUT2D eigenvalue weighted by Crippen LogP contribution is 2.26. The Morgan fingerprint density at radius 3 is 2.09 bits per heavy atom. The van der Waals surface area contributed by atoms with E-state index in [0.29, 0.717) is 5.92 Å². The second-order valence-electron chi connectivity index (χ2n) is 6.42. The van der Waals surface area contributed by atoms with E-state index in [2.05, 4.69) is 44.2 Å². The molecule has 0 aliphatic rings. The molecular formula is C21H36O. The zero-order chi connectivity index (χ0) is 15.9. The fraction of sp³-hybridized carbons (Fsp3) is 0.714. The Morgan fingerprint density at radius 2 is 1.41 bits per heavy atom. The molecule has 0 aliphatic carbocycles. The summed E-state index contributed by atoms with van der Waals surface area (Å²) in [5, 5.41) is 0. The van der Waals surface area contributed by atoms with Crippen LogP contribution in [0.3, 0.4) is 0 Å². The molecule has 0 amide bonds. The first-order chi connectivity index (χ1) is 10.9. The first kappa shape index (κ1) is 19.2. The van der Waals surface area contributed by atoms with Gasteiger partial charge in [-0.15, -0.1) is 0 Å². The van der Waals surface area contributed by atoms with Crippen molar-refractivity contribution in [2.24, 2.45) is 0 Å². The average Bonchev–Trinajstić information content (AvgIpc) is 2.56. The van der Waals surface area contributed by atoms with Gasteiger partial charge < -0.3 is 4.74 Å². The second-order valence-corrected chi connectivity index (χ2v) is 6.42. The van der Waals surface area contributed by atoms with E-state index in [1.807, 2.05) is 0 Å². The molecule has 126 valence electrons. The van der Waals surface area contributed by atoms with E-state index in [0.717, 1.165) is 13.2 Å². The summed E-state index contributed by atoms with van der Waals surface area (Å²) in [6, 6.07) is 11.0. The summed E-state index contributed by atoms with van der Waals surface area (Å²) in [6.07, 6.45) is 13.1. The molecule has 1 aromatic carbocycles. The molecule has 0 radical (unpaired) electrons. The molecule has 0 heterocycles. The van der Waals surface area contributed by atoms with Crippen LogP contribution in [0.2, 0.25) is 0 Å². The first-order valence-corrected chi connectivity index (χ1v) is 9.51. The standard InChI is InChI=1S/C21H36O/c1-3-5-7-10-16-21(20-14-11-9-12-15-20)17-19-22-18-13-8-6-4-2/h9,11-12,14-15,21H,3-8,10,13,16-19H2,1-2H3. The number of unbranched alkanes of at least 4 members (excludes halogenated alkanes) is 6. The van der Waals surface area contributed by atoms with Crippen molar-refractivity contribution in [2.45, 2.75) is 84.0 Å². The quantitative estimate of drug-likeness (QED) is 0.346. The topological polar surface area (TPSA) is 9.23 Å². The van der Waals surface area contributed by atoms with Gasteiger partial charge in [0.1, 0.15) is 0 Å². The van der Waals surface area contributed by atoms with Crippen molar-refractivity contribution in [3.63, 3.8) is 0 Å². The van der Waals surface area contributed by atoms with E-state index in [-0.39, 0.29) is 0 Å². The molecule has 0 N–H and O–H groups in total. The molecule has 0 aromatic heterocycles. The minimum atomic E-state index is 0.675. The van der Waals surface area contributed by atoms with Crippen molar-refractivity contribution in [1.82, 2.24) is 0 Å². The molecule has 1 unspecified atom stereocenters. The van der Waals surface area contributed by atoms with Crippen molar-refractivity contribution in [3.8, 4) is 0 Å². The first-order valence-electron chi connectivity index (χ1n) is 9.51. The molecule has 0 aliphatic heterocycles. The normalized spacial score (nSPS) is 12.5. The lowest BCUT2D eigenvalue weighted by Crippen LogP contribution is -2.05. The maximum Gasteiger partial charge on any atom is 0.0471 e. The van der Waals surface area contributed by atoms with Gasteiger partial charge in [-0.1, -0.05) is 89.1 Å². The smallest absolute Gasteiger partial charge is 0.0471 e. The minimum absolute atomic E-state index is 0.675. The van der Waals surface area contributed by atoms with E-state index in [4.69, 9.17) is 4.74 Å². The summed E-state index contributed by atoms with van der Waals surface area (Å²) in [5.74, 6) is 0.675. The van der Waals surface area contributed by atoms with Crippen LogP contribution < -0.4 is 0 Å². The maximum atomic E-state index is 5.86. The summed E-state index contributed by atoms with van der Waals surface area (Å²) >= 11 is 0. The van der Waals surface area contributed by atoms with Crippen LogP contribution in [0.15, 0.2) is 30.3 Å². The zero-order valence-corrected chi connectivity index (χ0v) is 14.9. The Balaban J connectivity index is 2.26. The Labute approximate surface area is 138 Å². The van der Waals surface area contributed by atoms with E-state index in [9.17, 15) is 0 Å². The van der Waals surface area contributed by atoms with E-state index in [1.165, 1.54) is 69.8 Å². The highest BCUT2D eigenvalue weighted by molar-refractivity contribution is 5.19. The van der Waals surface area contributed by atoms with Gasteiger partial charge in [0.05, 0.1) is 0 Å². The molecule has 0 fully saturated rings. The van der Waals surface area contributed by atoms with Crippen LogP contribution in [0.5, 0.6) is 0 Å². The molecule has 22 heavy (non-hydrogen) atoms. The van der Waals surface area contributed by atoms with E-state index < -0.39 is 0 Å². The third-order valence-corrected chi connectivity index (χ3v) is 4.43. The van der Waals surface area contributed by atoms with Gasteiger partial charge in [-0.2, -0.15) is 0 Å². The van der Waals surface area contributed by atoms with Crippen molar-refractivity contribution in [2.75, 3.05) is 13.2 Å². The average molecular weight is 305 g/mol. The van der Waals surface area contributed by atoms with Gasteiger partial charge in [-0.3, -0.25) is 0 Å². The largest absolute Gasteiger partial charge is 0.381 e. The Hall–Kier alpha value is -0.820. The lowest BCUT2D eigenvalue weighted by molar-refractivity contribution is 0.122. The second kappa shape index (κ2) is 13.8. The highest BCUT2D eigenvalue weighted by atomic mass is 16.5. The van der Waals surface area contributed by atoms with Gasteiger partial charge in [-0.25, -0.2) is 0 Å². The number of rotatable bonds is 14. The van der Waals surface area contributed by atoms with Crippen molar-refractivity contribution >= 4 is 0 Å². The Kier molecular flexibility index (Phi) is 12.1. The lowest BCUT2D eigenvalue weighted by atomic mass is 9.90. The predicted octanol–water partition coefficient (Wildman–Crippen LogP) is 6.73. The zero-order valence-electron chi connectivity index (χ0n) is 14.9. The Morgan fingerprint density at radius 1 is 0.727 bits per heavy atom. The number of benzene rings is 1. The van der Waals surface area contributed by atoms with Gasteiger partial charge in [0.15, 0.2) is 0 Å².